The lowest BCUT2D eigenvalue weighted by Gasteiger charge is -2.05. The maximum atomic E-state index is 13.2. The Balaban J connectivity index is 1.56. The van der Waals surface area contributed by atoms with Crippen molar-refractivity contribution in [3.63, 3.8) is 0 Å². The van der Waals surface area contributed by atoms with Gasteiger partial charge in [0.15, 0.2) is 0 Å². The fraction of sp³-hybridized carbons (Fsp3) is 0.353. The smallest absolute Gasteiger partial charge is 0.224 e. The van der Waals surface area contributed by atoms with Crippen molar-refractivity contribution < 1.29 is 9.18 Å². The number of amides is 1. The van der Waals surface area contributed by atoms with Crippen molar-refractivity contribution in [2.45, 2.75) is 32.2 Å². The quantitative estimate of drug-likeness (QED) is 0.892. The largest absolute Gasteiger partial charge is 0.351 e. The predicted octanol–water partition coefficient (Wildman–Crippen LogP) is 3.87. The van der Waals surface area contributed by atoms with Crippen LogP contribution in [0.25, 0.3) is 0 Å². The number of halogens is 1. The maximum absolute atomic E-state index is 13.2. The molecule has 2 aromatic rings. The average Bonchev–Trinajstić information content (AvgIpc) is 3.16. The van der Waals surface area contributed by atoms with Crippen LogP contribution in [0.15, 0.2) is 35.7 Å². The lowest BCUT2D eigenvalue weighted by Crippen LogP contribution is -2.24. The Bertz CT molecular complexity index is 652. The number of hydrogen-bond donors (Lipinski definition) is 1. The Kier molecular flexibility index (Phi) is 4.06. The minimum Gasteiger partial charge on any atom is -0.351 e. The van der Waals surface area contributed by atoms with Gasteiger partial charge in [0.25, 0.3) is 0 Å². The van der Waals surface area contributed by atoms with Crippen molar-refractivity contribution >= 4 is 17.2 Å². The van der Waals surface area contributed by atoms with Crippen LogP contribution in [0.1, 0.15) is 35.3 Å². The van der Waals surface area contributed by atoms with Gasteiger partial charge in [-0.3, -0.25) is 4.79 Å². The second-order valence-electron chi connectivity index (χ2n) is 5.44. The van der Waals surface area contributed by atoms with Gasteiger partial charge in [-0.1, -0.05) is 19.1 Å². The third-order valence-electron chi connectivity index (χ3n) is 4.05. The Hall–Kier alpha value is -1.68. The summed E-state index contributed by atoms with van der Waals surface area (Å²) in [5, 5.41) is 5.08. The summed E-state index contributed by atoms with van der Waals surface area (Å²) in [5.41, 5.74) is 2.23. The highest BCUT2D eigenvalue weighted by Crippen LogP contribution is 2.47. The standard InChI is InChI=1S/C17H18FNOS/c1-2-11-6-7-21-16(11)10-19-17(20)15-9-14(15)12-4-3-5-13(18)8-12/h3-8,14-15H,2,9-10H2,1H3,(H,19,20)/t14-,15-/m0/s1. The monoisotopic (exact) mass is 303 g/mol. The summed E-state index contributed by atoms with van der Waals surface area (Å²) in [7, 11) is 0. The van der Waals surface area contributed by atoms with Gasteiger partial charge in [-0.15, -0.1) is 11.3 Å². The number of thiophene rings is 1. The summed E-state index contributed by atoms with van der Waals surface area (Å²) in [6, 6.07) is 8.68. The molecule has 1 amide bonds. The fourth-order valence-electron chi connectivity index (χ4n) is 2.73. The van der Waals surface area contributed by atoms with E-state index < -0.39 is 0 Å². The number of benzene rings is 1. The second-order valence-corrected chi connectivity index (χ2v) is 6.44. The molecule has 2 atom stereocenters. The molecule has 1 aromatic carbocycles. The van der Waals surface area contributed by atoms with E-state index in [9.17, 15) is 9.18 Å². The van der Waals surface area contributed by atoms with Crippen LogP contribution in [0.2, 0.25) is 0 Å². The van der Waals surface area contributed by atoms with Crippen LogP contribution in [-0.2, 0) is 17.8 Å². The second kappa shape index (κ2) is 5.98. The molecular formula is C17H18FNOS. The molecular weight excluding hydrogens is 285 g/mol. The predicted molar refractivity (Wildman–Crippen MR) is 82.8 cm³/mol. The first-order valence-corrected chi connectivity index (χ1v) is 8.15. The summed E-state index contributed by atoms with van der Waals surface area (Å²) in [6.45, 7) is 2.72. The number of nitrogens with one attached hydrogen (secondary N) is 1. The summed E-state index contributed by atoms with van der Waals surface area (Å²) in [6.07, 6.45) is 1.81. The molecule has 0 bridgehead atoms. The molecule has 4 heteroatoms. The molecule has 21 heavy (non-hydrogen) atoms. The zero-order chi connectivity index (χ0) is 14.8. The van der Waals surface area contributed by atoms with Gasteiger partial charge < -0.3 is 5.32 Å². The maximum Gasteiger partial charge on any atom is 0.224 e. The van der Waals surface area contributed by atoms with Gasteiger partial charge in [-0.05, 0) is 53.5 Å². The first-order valence-electron chi connectivity index (χ1n) is 7.27. The van der Waals surface area contributed by atoms with Gasteiger partial charge in [-0.2, -0.15) is 0 Å². The van der Waals surface area contributed by atoms with Crippen molar-refractivity contribution in [1.82, 2.24) is 5.32 Å². The van der Waals surface area contributed by atoms with E-state index >= 15 is 0 Å². The van der Waals surface area contributed by atoms with Gasteiger partial charge >= 0.3 is 0 Å². The van der Waals surface area contributed by atoms with E-state index in [2.05, 4.69) is 23.7 Å². The van der Waals surface area contributed by atoms with E-state index in [1.165, 1.54) is 22.6 Å². The Morgan fingerprint density at radius 2 is 2.29 bits per heavy atom. The lowest BCUT2D eigenvalue weighted by atomic mass is 10.1. The van der Waals surface area contributed by atoms with E-state index in [0.717, 1.165) is 18.4 Å². The molecule has 1 aliphatic rings. The van der Waals surface area contributed by atoms with Crippen LogP contribution in [0.4, 0.5) is 4.39 Å². The third-order valence-corrected chi connectivity index (χ3v) is 5.01. The number of rotatable bonds is 5. The summed E-state index contributed by atoms with van der Waals surface area (Å²) < 4.78 is 13.2. The highest BCUT2D eigenvalue weighted by Gasteiger charge is 2.43. The van der Waals surface area contributed by atoms with Crippen LogP contribution in [-0.4, -0.2) is 5.91 Å². The Morgan fingerprint density at radius 1 is 1.43 bits per heavy atom. The van der Waals surface area contributed by atoms with Crippen LogP contribution in [0.3, 0.4) is 0 Å². The minimum atomic E-state index is -0.232. The SMILES string of the molecule is CCc1ccsc1CNC(=O)[C@H]1C[C@H]1c1cccc(F)c1. The molecule has 3 rings (SSSR count). The number of hydrogen-bond acceptors (Lipinski definition) is 2. The normalized spacial score (nSPS) is 20.3. The van der Waals surface area contributed by atoms with E-state index in [-0.39, 0.29) is 23.6 Å². The molecule has 1 saturated carbocycles. The van der Waals surface area contributed by atoms with E-state index in [0.29, 0.717) is 6.54 Å². The fourth-order valence-corrected chi connectivity index (χ4v) is 3.64. The topological polar surface area (TPSA) is 29.1 Å². The van der Waals surface area contributed by atoms with Gasteiger partial charge in [0.2, 0.25) is 5.91 Å². The molecule has 0 radical (unpaired) electrons. The molecule has 0 saturated heterocycles. The van der Waals surface area contributed by atoms with Crippen LogP contribution < -0.4 is 5.32 Å². The highest BCUT2D eigenvalue weighted by atomic mass is 32.1. The van der Waals surface area contributed by atoms with Crippen LogP contribution >= 0.6 is 11.3 Å². The number of carbonyl (C=O) groups excluding carboxylic acids is 1. The Morgan fingerprint density at radius 3 is 3.05 bits per heavy atom. The molecule has 0 spiro atoms. The van der Waals surface area contributed by atoms with Crippen molar-refractivity contribution in [2.24, 2.45) is 5.92 Å². The molecule has 0 aliphatic heterocycles. The third kappa shape index (κ3) is 3.16. The van der Waals surface area contributed by atoms with E-state index in [4.69, 9.17) is 0 Å². The molecule has 1 aromatic heterocycles. The lowest BCUT2D eigenvalue weighted by molar-refractivity contribution is -0.122. The van der Waals surface area contributed by atoms with Crippen molar-refractivity contribution in [3.8, 4) is 0 Å². The molecule has 110 valence electrons. The van der Waals surface area contributed by atoms with Crippen molar-refractivity contribution in [2.75, 3.05) is 0 Å². The molecule has 1 fully saturated rings. The summed E-state index contributed by atoms with van der Waals surface area (Å²) >= 11 is 1.68. The molecule has 1 N–H and O–H groups in total. The van der Waals surface area contributed by atoms with Gasteiger partial charge in [0.1, 0.15) is 5.82 Å². The summed E-state index contributed by atoms with van der Waals surface area (Å²) in [5.74, 6) is 0.0240. The average molecular weight is 303 g/mol. The van der Waals surface area contributed by atoms with Gasteiger partial charge in [0, 0.05) is 10.8 Å². The minimum absolute atomic E-state index is 0.00293. The zero-order valence-corrected chi connectivity index (χ0v) is 12.8. The highest BCUT2D eigenvalue weighted by molar-refractivity contribution is 7.10. The first kappa shape index (κ1) is 14.3. The number of carbonyl (C=O) groups is 1. The van der Waals surface area contributed by atoms with Crippen molar-refractivity contribution in [1.29, 1.82) is 0 Å². The van der Waals surface area contributed by atoms with Gasteiger partial charge in [0.05, 0.1) is 6.54 Å². The molecule has 2 nitrogen and oxygen atoms in total. The number of aryl methyl sites for hydroxylation is 1. The van der Waals surface area contributed by atoms with Crippen LogP contribution in [0, 0.1) is 11.7 Å². The Labute approximate surface area is 128 Å². The zero-order valence-electron chi connectivity index (χ0n) is 11.9. The first-order chi connectivity index (χ1) is 10.2. The van der Waals surface area contributed by atoms with E-state index in [1.54, 1.807) is 17.4 Å². The molecule has 1 heterocycles. The summed E-state index contributed by atoms with van der Waals surface area (Å²) in [4.78, 5) is 13.4. The van der Waals surface area contributed by atoms with E-state index in [1.807, 2.05) is 6.07 Å². The van der Waals surface area contributed by atoms with Gasteiger partial charge in [-0.25, -0.2) is 4.39 Å². The van der Waals surface area contributed by atoms with Crippen molar-refractivity contribution in [3.05, 3.63) is 57.5 Å². The molecule has 1 aliphatic carbocycles. The molecule has 0 unspecified atom stereocenters. The van der Waals surface area contributed by atoms with Crippen LogP contribution in [0.5, 0.6) is 0 Å².